The van der Waals surface area contributed by atoms with Gasteiger partial charge in [-0.2, -0.15) is 0 Å². The van der Waals surface area contributed by atoms with Crippen LogP contribution in [0.4, 0.5) is 4.79 Å². The summed E-state index contributed by atoms with van der Waals surface area (Å²) in [6.07, 6.45) is 0.695. The zero-order valence-corrected chi connectivity index (χ0v) is 19.5. The van der Waals surface area contributed by atoms with E-state index < -0.39 is 17.5 Å². The van der Waals surface area contributed by atoms with Crippen molar-refractivity contribution in [1.82, 2.24) is 15.5 Å². The molecule has 1 atom stereocenters. The number of hydrogen-bond donors (Lipinski definition) is 2. The van der Waals surface area contributed by atoms with Crippen LogP contribution < -0.4 is 10.6 Å². The average Bonchev–Trinajstić information content (AvgIpc) is 3.07. The molecule has 0 saturated carbocycles. The molecule has 2 N–H and O–H groups in total. The Balaban J connectivity index is 1.38. The van der Waals surface area contributed by atoms with Gasteiger partial charge >= 0.3 is 6.03 Å². The van der Waals surface area contributed by atoms with Crippen molar-refractivity contribution in [1.29, 1.82) is 0 Å². The van der Waals surface area contributed by atoms with Crippen LogP contribution >= 0.6 is 0 Å². The predicted octanol–water partition coefficient (Wildman–Crippen LogP) is 4.10. The summed E-state index contributed by atoms with van der Waals surface area (Å²) >= 11 is 0. The number of nitrogens with one attached hydrogen (secondary N) is 2. The van der Waals surface area contributed by atoms with Gasteiger partial charge in [-0.15, -0.1) is 0 Å². The summed E-state index contributed by atoms with van der Waals surface area (Å²) in [6, 6.07) is 27.2. The number of hydrogen-bond acceptors (Lipinski definition) is 3. The van der Waals surface area contributed by atoms with Gasteiger partial charge in [-0.3, -0.25) is 14.5 Å². The number of aryl methyl sites for hydroxylation is 1. The van der Waals surface area contributed by atoms with Crippen LogP contribution in [0, 0.1) is 6.92 Å². The van der Waals surface area contributed by atoms with Gasteiger partial charge in [0.15, 0.2) is 0 Å². The number of benzene rings is 3. The molecule has 3 aromatic rings. The molecule has 1 heterocycles. The third-order valence-electron chi connectivity index (χ3n) is 6.36. The fourth-order valence-corrected chi connectivity index (χ4v) is 4.38. The fraction of sp³-hybridized carbons (Fsp3) is 0.250. The van der Waals surface area contributed by atoms with E-state index in [2.05, 4.69) is 34.9 Å². The van der Waals surface area contributed by atoms with Gasteiger partial charge in [0.25, 0.3) is 5.91 Å². The molecule has 34 heavy (non-hydrogen) atoms. The quantitative estimate of drug-likeness (QED) is 0.502. The molecule has 0 spiro atoms. The second-order valence-corrected chi connectivity index (χ2v) is 8.83. The summed E-state index contributed by atoms with van der Waals surface area (Å²) < 4.78 is 0. The second kappa shape index (κ2) is 9.91. The Kier molecular flexibility index (Phi) is 6.77. The lowest BCUT2D eigenvalue weighted by atomic mass is 9.88. The highest BCUT2D eigenvalue weighted by molar-refractivity contribution is 6.09. The van der Waals surface area contributed by atoms with Crippen molar-refractivity contribution in [2.45, 2.75) is 31.7 Å². The fourth-order valence-electron chi connectivity index (χ4n) is 4.38. The first-order chi connectivity index (χ1) is 16.4. The number of urea groups is 1. The molecule has 6 heteroatoms. The van der Waals surface area contributed by atoms with E-state index in [9.17, 15) is 14.4 Å². The highest BCUT2D eigenvalue weighted by Gasteiger charge is 2.49. The Bertz CT molecular complexity index is 1120. The summed E-state index contributed by atoms with van der Waals surface area (Å²) in [4.78, 5) is 39.3. The van der Waals surface area contributed by atoms with Gasteiger partial charge < -0.3 is 10.6 Å². The highest BCUT2D eigenvalue weighted by atomic mass is 16.2. The third-order valence-corrected chi connectivity index (χ3v) is 6.36. The molecule has 0 radical (unpaired) electrons. The van der Waals surface area contributed by atoms with E-state index >= 15 is 0 Å². The normalized spacial score (nSPS) is 17.7. The van der Waals surface area contributed by atoms with E-state index in [0.29, 0.717) is 18.5 Å². The topological polar surface area (TPSA) is 78.5 Å². The first kappa shape index (κ1) is 23.2. The van der Waals surface area contributed by atoms with E-state index in [4.69, 9.17) is 0 Å². The van der Waals surface area contributed by atoms with Crippen LogP contribution in [-0.4, -0.2) is 35.8 Å². The van der Waals surface area contributed by atoms with E-state index in [1.807, 2.05) is 67.6 Å². The van der Waals surface area contributed by atoms with Gasteiger partial charge in [-0.05, 0) is 37.0 Å². The number of rotatable bonds is 8. The van der Waals surface area contributed by atoms with Crippen molar-refractivity contribution in [2.75, 3.05) is 13.1 Å². The Morgan fingerprint density at radius 2 is 1.47 bits per heavy atom. The van der Waals surface area contributed by atoms with Crippen LogP contribution in [0.2, 0.25) is 0 Å². The van der Waals surface area contributed by atoms with Crippen LogP contribution in [0.1, 0.15) is 41.5 Å². The van der Waals surface area contributed by atoms with Crippen molar-refractivity contribution in [3.8, 4) is 0 Å². The summed E-state index contributed by atoms with van der Waals surface area (Å²) in [7, 11) is 0. The van der Waals surface area contributed by atoms with Gasteiger partial charge in [-0.25, -0.2) is 4.79 Å². The van der Waals surface area contributed by atoms with Gasteiger partial charge in [0.2, 0.25) is 5.91 Å². The Morgan fingerprint density at radius 1 is 0.912 bits per heavy atom. The molecule has 0 aromatic heterocycles. The molecule has 1 unspecified atom stereocenters. The summed E-state index contributed by atoms with van der Waals surface area (Å²) in [6.45, 7) is 3.73. The van der Waals surface area contributed by atoms with Crippen LogP contribution in [-0.2, 0) is 15.1 Å². The van der Waals surface area contributed by atoms with Crippen molar-refractivity contribution >= 4 is 17.8 Å². The summed E-state index contributed by atoms with van der Waals surface area (Å²) in [5.74, 6) is -0.663. The lowest BCUT2D eigenvalue weighted by Crippen LogP contribution is -2.43. The van der Waals surface area contributed by atoms with Gasteiger partial charge in [0, 0.05) is 12.5 Å². The van der Waals surface area contributed by atoms with Crippen LogP contribution in [0.3, 0.4) is 0 Å². The number of amides is 4. The summed E-state index contributed by atoms with van der Waals surface area (Å²) in [5.41, 5.74) is 2.91. The van der Waals surface area contributed by atoms with Gasteiger partial charge in [0.1, 0.15) is 12.1 Å². The monoisotopic (exact) mass is 455 g/mol. The maximum absolute atomic E-state index is 13.1. The minimum absolute atomic E-state index is 0.129. The van der Waals surface area contributed by atoms with Crippen LogP contribution in [0.5, 0.6) is 0 Å². The Labute approximate surface area is 200 Å². The van der Waals surface area contributed by atoms with Crippen molar-refractivity contribution in [3.63, 3.8) is 0 Å². The van der Waals surface area contributed by atoms with E-state index in [1.165, 1.54) is 11.1 Å². The highest BCUT2D eigenvalue weighted by Crippen LogP contribution is 2.29. The number of carbonyl (C=O) groups excluding carboxylic acids is 3. The van der Waals surface area contributed by atoms with Gasteiger partial charge in [-0.1, -0.05) is 90.5 Å². The number of carbonyl (C=O) groups is 3. The largest absolute Gasteiger partial charge is 0.355 e. The molecule has 1 saturated heterocycles. The molecule has 0 aliphatic carbocycles. The second-order valence-electron chi connectivity index (χ2n) is 8.83. The zero-order chi connectivity index (χ0) is 24.1. The molecule has 1 aliphatic heterocycles. The first-order valence-electron chi connectivity index (χ1n) is 11.5. The van der Waals surface area contributed by atoms with Crippen LogP contribution in [0.25, 0.3) is 0 Å². The lowest BCUT2D eigenvalue weighted by Gasteiger charge is -2.22. The molecule has 4 amide bonds. The first-order valence-corrected chi connectivity index (χ1v) is 11.5. The molecule has 174 valence electrons. The van der Waals surface area contributed by atoms with Crippen molar-refractivity contribution in [2.24, 2.45) is 0 Å². The molecule has 3 aromatic carbocycles. The maximum Gasteiger partial charge on any atom is 0.325 e. The predicted molar refractivity (Wildman–Crippen MR) is 131 cm³/mol. The summed E-state index contributed by atoms with van der Waals surface area (Å²) in [5, 5.41) is 5.63. The Hall–Kier alpha value is -3.93. The average molecular weight is 456 g/mol. The van der Waals surface area contributed by atoms with Gasteiger partial charge in [0.05, 0.1) is 0 Å². The van der Waals surface area contributed by atoms with E-state index in [-0.39, 0.29) is 18.4 Å². The third kappa shape index (κ3) is 4.86. The minimum Gasteiger partial charge on any atom is -0.355 e. The van der Waals surface area contributed by atoms with Crippen molar-refractivity contribution < 1.29 is 14.4 Å². The zero-order valence-electron chi connectivity index (χ0n) is 19.5. The Morgan fingerprint density at radius 3 is 2.03 bits per heavy atom. The van der Waals surface area contributed by atoms with Crippen molar-refractivity contribution in [3.05, 3.63) is 107 Å². The molecular weight excluding hydrogens is 426 g/mol. The molecule has 1 fully saturated rings. The molecule has 4 rings (SSSR count). The van der Waals surface area contributed by atoms with Crippen LogP contribution in [0.15, 0.2) is 84.9 Å². The lowest BCUT2D eigenvalue weighted by molar-refractivity contribution is -0.134. The maximum atomic E-state index is 13.1. The molecule has 0 bridgehead atoms. The smallest absolute Gasteiger partial charge is 0.325 e. The van der Waals surface area contributed by atoms with E-state index in [0.717, 1.165) is 10.5 Å². The number of nitrogens with zero attached hydrogens (tertiary/aromatic N) is 1. The minimum atomic E-state index is -1.18. The SMILES string of the molecule is Cc1ccc(C2(C)NC(=O)N(CC(=O)NCCC(c3ccccc3)c3ccccc3)C2=O)cc1. The standard InChI is InChI=1S/C28H29N3O3/c1-20-13-15-23(16-14-20)28(2)26(33)31(27(34)30-28)19-25(32)29-18-17-24(21-9-5-3-6-10-21)22-11-7-4-8-12-22/h3-16,24H,17-19H2,1-2H3,(H,29,32)(H,30,34). The van der Waals surface area contributed by atoms with E-state index in [1.54, 1.807) is 6.92 Å². The molecule has 1 aliphatic rings. The molecular formula is C28H29N3O3. The molecule has 6 nitrogen and oxygen atoms in total. The number of imide groups is 1.